The van der Waals surface area contributed by atoms with Gasteiger partial charge in [0.1, 0.15) is 0 Å². The van der Waals surface area contributed by atoms with Gasteiger partial charge >= 0.3 is 0 Å². The molecule has 11 rings (SSSR count). The Morgan fingerprint density at radius 1 is 0.365 bits per heavy atom. The van der Waals surface area contributed by atoms with Crippen molar-refractivity contribution in [1.82, 2.24) is 19.5 Å². The molecule has 0 saturated carbocycles. The van der Waals surface area contributed by atoms with Crippen molar-refractivity contribution in [2.24, 2.45) is 0 Å². The predicted octanol–water partition coefficient (Wildman–Crippen LogP) is 12.6. The summed E-state index contributed by atoms with van der Waals surface area (Å²) in [6, 6.07) is 60.3. The van der Waals surface area contributed by atoms with E-state index in [0.717, 1.165) is 22.4 Å². The zero-order valence-electron chi connectivity index (χ0n) is 27.9. The molecule has 0 fully saturated rings. The quantitative estimate of drug-likeness (QED) is 0.186. The number of aromatic nitrogens is 4. The van der Waals surface area contributed by atoms with Crippen molar-refractivity contribution in [3.05, 3.63) is 170 Å². The fraction of sp³-hybridized carbons (Fsp3) is 0. The molecule has 0 bridgehead atoms. The van der Waals surface area contributed by atoms with Gasteiger partial charge in [0.05, 0.1) is 11.0 Å². The van der Waals surface area contributed by atoms with Gasteiger partial charge in [-0.15, -0.1) is 11.3 Å². The highest BCUT2D eigenvalue weighted by Crippen LogP contribution is 2.41. The predicted molar refractivity (Wildman–Crippen MR) is 218 cm³/mol. The minimum Gasteiger partial charge on any atom is -0.309 e. The van der Waals surface area contributed by atoms with E-state index in [4.69, 9.17) is 15.0 Å². The molecular formula is C47H28N4S. The van der Waals surface area contributed by atoms with E-state index in [9.17, 15) is 0 Å². The van der Waals surface area contributed by atoms with E-state index in [1.165, 1.54) is 63.5 Å². The largest absolute Gasteiger partial charge is 0.309 e. The Labute approximate surface area is 302 Å². The minimum atomic E-state index is 0.644. The second-order valence-electron chi connectivity index (χ2n) is 13.2. The molecule has 0 radical (unpaired) electrons. The van der Waals surface area contributed by atoms with Crippen molar-refractivity contribution in [2.45, 2.75) is 0 Å². The molecule has 0 aliphatic rings. The van der Waals surface area contributed by atoms with E-state index in [0.29, 0.717) is 17.5 Å². The molecule has 242 valence electrons. The molecule has 8 aromatic carbocycles. The number of nitrogens with zero attached hydrogens (tertiary/aromatic N) is 4. The monoisotopic (exact) mass is 680 g/mol. The standard InChI is InChI=1S/C47H28N4S/c1-2-12-31(13-3-1)45-48-46(50-47(49-45)33-20-25-38-37-16-8-9-17-41(37)52-42(38)28-33)32-18-23-34(24-19-32)51-39-26-21-29-10-4-6-14-35(29)43(39)44-36-15-7-5-11-30(36)22-27-40(44)51/h1-28H. The van der Waals surface area contributed by atoms with Crippen LogP contribution in [0.2, 0.25) is 0 Å². The highest BCUT2D eigenvalue weighted by Gasteiger charge is 2.18. The van der Waals surface area contributed by atoms with E-state index in [2.05, 4.69) is 156 Å². The topological polar surface area (TPSA) is 43.6 Å². The molecule has 0 atom stereocenters. The summed E-state index contributed by atoms with van der Waals surface area (Å²) < 4.78 is 4.89. The Morgan fingerprint density at radius 2 is 0.865 bits per heavy atom. The fourth-order valence-corrected chi connectivity index (χ4v) is 8.95. The van der Waals surface area contributed by atoms with Crippen molar-refractivity contribution >= 4 is 74.9 Å². The average molecular weight is 681 g/mol. The van der Waals surface area contributed by atoms with Gasteiger partial charge in [-0.2, -0.15) is 0 Å². The molecular weight excluding hydrogens is 653 g/mol. The molecule has 0 N–H and O–H groups in total. The van der Waals surface area contributed by atoms with Crippen LogP contribution in [0.1, 0.15) is 0 Å². The van der Waals surface area contributed by atoms with Crippen LogP contribution in [0.15, 0.2) is 170 Å². The Hall–Kier alpha value is -6.69. The number of rotatable bonds is 4. The van der Waals surface area contributed by atoms with Crippen LogP contribution in [0.3, 0.4) is 0 Å². The van der Waals surface area contributed by atoms with Crippen molar-refractivity contribution in [3.8, 4) is 39.9 Å². The molecule has 0 unspecified atom stereocenters. The van der Waals surface area contributed by atoms with Crippen LogP contribution in [0.25, 0.3) is 103 Å². The first-order valence-electron chi connectivity index (χ1n) is 17.4. The lowest BCUT2D eigenvalue weighted by atomic mass is 10.00. The highest BCUT2D eigenvalue weighted by atomic mass is 32.1. The third-order valence-corrected chi connectivity index (χ3v) is 11.4. The maximum atomic E-state index is 5.10. The number of benzene rings is 8. The number of hydrogen-bond donors (Lipinski definition) is 0. The maximum absolute atomic E-state index is 5.10. The molecule has 5 heteroatoms. The molecule has 0 spiro atoms. The normalized spacial score (nSPS) is 11.8. The van der Waals surface area contributed by atoms with Crippen LogP contribution in [0.5, 0.6) is 0 Å². The molecule has 0 saturated heterocycles. The smallest absolute Gasteiger partial charge is 0.164 e. The zero-order chi connectivity index (χ0) is 34.2. The van der Waals surface area contributed by atoms with E-state index in [-0.39, 0.29) is 0 Å². The Bertz CT molecular complexity index is 3080. The van der Waals surface area contributed by atoms with Gasteiger partial charge in [-0.3, -0.25) is 0 Å². The second-order valence-corrected chi connectivity index (χ2v) is 14.3. The number of thiophene rings is 1. The highest BCUT2D eigenvalue weighted by molar-refractivity contribution is 7.25. The summed E-state index contributed by atoms with van der Waals surface area (Å²) in [5, 5.41) is 10.1. The summed E-state index contributed by atoms with van der Waals surface area (Å²) in [6.45, 7) is 0. The van der Waals surface area contributed by atoms with Crippen molar-refractivity contribution in [1.29, 1.82) is 0 Å². The van der Waals surface area contributed by atoms with Gasteiger partial charge in [0.25, 0.3) is 0 Å². The molecule has 11 aromatic rings. The van der Waals surface area contributed by atoms with Crippen LogP contribution in [0, 0.1) is 0 Å². The lowest BCUT2D eigenvalue weighted by Crippen LogP contribution is -2.00. The van der Waals surface area contributed by atoms with Gasteiger partial charge in [-0.05, 0) is 70.1 Å². The van der Waals surface area contributed by atoms with Crippen LogP contribution in [0.4, 0.5) is 0 Å². The van der Waals surface area contributed by atoms with Crippen molar-refractivity contribution in [2.75, 3.05) is 0 Å². The van der Waals surface area contributed by atoms with E-state index in [1.54, 1.807) is 11.3 Å². The zero-order valence-corrected chi connectivity index (χ0v) is 28.7. The Balaban J connectivity index is 1.08. The molecule has 3 heterocycles. The first-order valence-corrected chi connectivity index (χ1v) is 18.3. The summed E-state index contributed by atoms with van der Waals surface area (Å²) in [5.41, 5.74) is 6.32. The molecule has 0 aliphatic carbocycles. The summed E-state index contributed by atoms with van der Waals surface area (Å²) >= 11 is 1.80. The summed E-state index contributed by atoms with van der Waals surface area (Å²) in [7, 11) is 0. The lowest BCUT2D eigenvalue weighted by Gasteiger charge is -2.11. The van der Waals surface area contributed by atoms with Crippen molar-refractivity contribution in [3.63, 3.8) is 0 Å². The molecule has 52 heavy (non-hydrogen) atoms. The van der Waals surface area contributed by atoms with Crippen LogP contribution in [-0.2, 0) is 0 Å². The average Bonchev–Trinajstić information content (AvgIpc) is 3.77. The summed E-state index contributed by atoms with van der Waals surface area (Å²) in [5.74, 6) is 1.96. The lowest BCUT2D eigenvalue weighted by molar-refractivity contribution is 1.07. The second kappa shape index (κ2) is 11.4. The molecule has 0 amide bonds. The summed E-state index contributed by atoms with van der Waals surface area (Å²) in [4.78, 5) is 15.1. The SMILES string of the molecule is c1ccc(-c2nc(-c3ccc(-n4c5ccc6ccccc6c5c5c6ccccc6ccc54)cc3)nc(-c3ccc4c(c3)sc3ccccc34)n2)cc1. The Kier molecular flexibility index (Phi) is 6.39. The van der Waals surface area contributed by atoms with Crippen molar-refractivity contribution < 1.29 is 0 Å². The van der Waals surface area contributed by atoms with Gasteiger partial charge < -0.3 is 4.57 Å². The first kappa shape index (κ1) is 29.1. The van der Waals surface area contributed by atoms with Gasteiger partial charge in [0, 0.05) is 53.3 Å². The molecule has 3 aromatic heterocycles. The van der Waals surface area contributed by atoms with Crippen LogP contribution >= 0.6 is 11.3 Å². The summed E-state index contributed by atoms with van der Waals surface area (Å²) in [6.07, 6.45) is 0. The van der Waals surface area contributed by atoms with E-state index in [1.807, 2.05) is 18.2 Å². The first-order chi connectivity index (χ1) is 25.8. The third-order valence-electron chi connectivity index (χ3n) is 10.2. The van der Waals surface area contributed by atoms with E-state index >= 15 is 0 Å². The Morgan fingerprint density at radius 3 is 1.52 bits per heavy atom. The van der Waals surface area contributed by atoms with E-state index < -0.39 is 0 Å². The fourth-order valence-electron chi connectivity index (χ4n) is 7.80. The van der Waals surface area contributed by atoms with Crippen LogP contribution in [-0.4, -0.2) is 19.5 Å². The third kappa shape index (κ3) is 4.50. The maximum Gasteiger partial charge on any atom is 0.164 e. The minimum absolute atomic E-state index is 0.644. The number of hydrogen-bond acceptors (Lipinski definition) is 4. The van der Waals surface area contributed by atoms with Gasteiger partial charge in [-0.25, -0.2) is 15.0 Å². The van der Waals surface area contributed by atoms with Gasteiger partial charge in [-0.1, -0.05) is 121 Å². The van der Waals surface area contributed by atoms with Gasteiger partial charge in [0.15, 0.2) is 17.5 Å². The molecule has 0 aliphatic heterocycles. The van der Waals surface area contributed by atoms with Gasteiger partial charge in [0.2, 0.25) is 0 Å². The molecule has 4 nitrogen and oxygen atoms in total. The van der Waals surface area contributed by atoms with Crippen LogP contribution < -0.4 is 0 Å². The number of fused-ring (bicyclic) bond motifs is 10.